The van der Waals surface area contributed by atoms with Crippen LogP contribution in [0.2, 0.25) is 0 Å². The molecular formula is C49H53N5O7S. The summed E-state index contributed by atoms with van der Waals surface area (Å²) in [6.45, 7) is 1.46. The van der Waals surface area contributed by atoms with E-state index < -0.39 is 11.9 Å². The number of nitrogens with one attached hydrogen (secondary N) is 4. The molecule has 1 heterocycles. The van der Waals surface area contributed by atoms with Crippen LogP contribution in [0.1, 0.15) is 88.5 Å². The Bertz CT molecular complexity index is 2370. The molecule has 0 bridgehead atoms. The smallest absolute Gasteiger partial charge is 0.336 e. The van der Waals surface area contributed by atoms with Gasteiger partial charge in [-0.05, 0) is 103 Å². The van der Waals surface area contributed by atoms with Crippen molar-refractivity contribution in [3.8, 4) is 34.1 Å². The molecule has 2 aliphatic carbocycles. The van der Waals surface area contributed by atoms with Crippen molar-refractivity contribution in [2.24, 2.45) is 5.73 Å². The molecule has 5 aromatic carbocycles. The molecule has 322 valence electrons. The van der Waals surface area contributed by atoms with E-state index in [4.69, 9.17) is 27.4 Å². The Morgan fingerprint density at radius 2 is 1.45 bits per heavy atom. The van der Waals surface area contributed by atoms with Crippen molar-refractivity contribution >= 4 is 34.9 Å². The van der Waals surface area contributed by atoms with Crippen LogP contribution in [0, 0.1) is 0 Å². The second-order valence-electron chi connectivity index (χ2n) is 16.5. The summed E-state index contributed by atoms with van der Waals surface area (Å²) in [4.78, 5) is 25.2. The number of fused-ring (bicyclic) bond motifs is 2. The molecule has 12 nitrogen and oxygen atoms in total. The number of thiocarbonyl (C=S) groups is 1. The average molecular weight is 856 g/mol. The Kier molecular flexibility index (Phi) is 13.3. The topological polar surface area (TPSA) is 187 Å². The number of carbonyl (C=O) groups is 2. The van der Waals surface area contributed by atoms with Gasteiger partial charge in [-0.25, -0.2) is 4.79 Å². The fourth-order valence-corrected chi connectivity index (χ4v) is 8.90. The van der Waals surface area contributed by atoms with Crippen LogP contribution < -0.4 is 31.7 Å². The Balaban J connectivity index is 0.739. The van der Waals surface area contributed by atoms with E-state index in [1.165, 1.54) is 60.7 Å². The standard InChI is InChI=1S/C49H53N5O7S/c50-33-9-11-34(12-10-33)53-43-28-41(43)31-7-5-30(6-8-31)32-3-1-2-29(24-32)4-19-46(57)51-20-22-60-23-21-52-49(62)54-35-13-16-38(42(25-35)48(58)59)47-39-17-14-36(55)26-44(39)61-45-27-37(56)15-18-40(45)47/h1-3,5-8,13-18,24-27,33-34,41,43,47,53,55-56H,4,9-12,19-23,28,50H2,(H,51,57)(H,58,59)(H2,52,54,62)/t33?,34?,41-,43+/m0/s1. The van der Waals surface area contributed by atoms with Gasteiger partial charge in [0.05, 0.1) is 18.8 Å². The minimum Gasteiger partial charge on any atom is -0.508 e. The quantitative estimate of drug-likeness (QED) is 0.0354. The molecule has 2 saturated carbocycles. The van der Waals surface area contributed by atoms with Gasteiger partial charge in [0, 0.05) is 78.4 Å². The predicted molar refractivity (Wildman–Crippen MR) is 243 cm³/mol. The molecule has 0 saturated heterocycles. The first-order chi connectivity index (χ1) is 30.1. The number of anilines is 1. The van der Waals surface area contributed by atoms with Crippen LogP contribution in [-0.4, -0.2) is 76.7 Å². The Labute approximate surface area is 366 Å². The number of carbonyl (C=O) groups excluding carboxylic acids is 1. The number of aromatic hydroxyl groups is 2. The number of carboxylic acid groups (broad SMARTS) is 1. The minimum absolute atomic E-state index is 0.000160. The molecule has 8 rings (SSSR count). The maximum Gasteiger partial charge on any atom is 0.336 e. The number of carboxylic acids is 1. The number of benzene rings is 5. The first kappa shape index (κ1) is 42.7. The highest BCUT2D eigenvalue weighted by atomic mass is 32.1. The van der Waals surface area contributed by atoms with Crippen molar-refractivity contribution in [1.82, 2.24) is 16.0 Å². The zero-order valence-electron chi connectivity index (χ0n) is 34.4. The van der Waals surface area contributed by atoms with E-state index in [-0.39, 0.29) is 23.0 Å². The summed E-state index contributed by atoms with van der Waals surface area (Å²) in [5.74, 6) is -0.380. The molecule has 13 heteroatoms. The van der Waals surface area contributed by atoms with Crippen LogP contribution >= 0.6 is 12.2 Å². The van der Waals surface area contributed by atoms with Gasteiger partial charge in [-0.3, -0.25) is 4.79 Å². The van der Waals surface area contributed by atoms with E-state index >= 15 is 0 Å². The molecule has 0 unspecified atom stereocenters. The summed E-state index contributed by atoms with van der Waals surface area (Å²) >= 11 is 5.47. The van der Waals surface area contributed by atoms with E-state index in [1.54, 1.807) is 24.3 Å². The van der Waals surface area contributed by atoms with E-state index in [2.05, 4.69) is 69.8 Å². The lowest BCUT2D eigenvalue weighted by Gasteiger charge is -2.30. The highest BCUT2D eigenvalue weighted by Gasteiger charge is 2.40. The fraction of sp³-hybridized carbons (Fsp3) is 0.327. The molecule has 0 aromatic heterocycles. The molecule has 3 aliphatic rings. The lowest BCUT2D eigenvalue weighted by atomic mass is 9.80. The number of hydrogen-bond acceptors (Lipinski definition) is 9. The number of amides is 1. The Morgan fingerprint density at radius 3 is 2.15 bits per heavy atom. The summed E-state index contributed by atoms with van der Waals surface area (Å²) in [6.07, 6.45) is 6.82. The Hall–Kier alpha value is -5.99. The summed E-state index contributed by atoms with van der Waals surface area (Å²) in [5.41, 5.74) is 13.3. The van der Waals surface area contributed by atoms with E-state index in [0.717, 1.165) is 24.0 Å². The predicted octanol–water partition coefficient (Wildman–Crippen LogP) is 7.52. The second kappa shape index (κ2) is 19.4. The van der Waals surface area contributed by atoms with Crippen molar-refractivity contribution in [2.75, 3.05) is 31.6 Å². The van der Waals surface area contributed by atoms with Gasteiger partial charge in [0.1, 0.15) is 23.0 Å². The van der Waals surface area contributed by atoms with Crippen molar-refractivity contribution in [3.05, 3.63) is 137 Å². The van der Waals surface area contributed by atoms with Gasteiger partial charge in [0.15, 0.2) is 5.11 Å². The maximum absolute atomic E-state index is 12.6. The lowest BCUT2D eigenvalue weighted by Crippen LogP contribution is -2.38. The van der Waals surface area contributed by atoms with Crippen LogP contribution in [0.5, 0.6) is 23.0 Å². The number of aryl methyl sites for hydroxylation is 1. The molecule has 5 aromatic rings. The molecule has 62 heavy (non-hydrogen) atoms. The number of nitrogens with two attached hydrogens (primary N) is 1. The molecule has 2 atom stereocenters. The second-order valence-corrected chi connectivity index (χ2v) is 16.9. The van der Waals surface area contributed by atoms with Gasteiger partial charge < -0.3 is 51.8 Å². The van der Waals surface area contributed by atoms with Gasteiger partial charge in [0.2, 0.25) is 5.91 Å². The van der Waals surface area contributed by atoms with Crippen molar-refractivity contribution < 1.29 is 34.4 Å². The van der Waals surface area contributed by atoms with Gasteiger partial charge in [-0.2, -0.15) is 0 Å². The van der Waals surface area contributed by atoms with E-state index in [1.807, 2.05) is 0 Å². The number of hydrogen-bond donors (Lipinski definition) is 8. The highest BCUT2D eigenvalue weighted by molar-refractivity contribution is 7.80. The largest absolute Gasteiger partial charge is 0.508 e. The molecule has 0 spiro atoms. The third-order valence-corrected chi connectivity index (χ3v) is 12.3. The van der Waals surface area contributed by atoms with Gasteiger partial charge in [0.25, 0.3) is 0 Å². The van der Waals surface area contributed by atoms with Crippen LogP contribution in [0.4, 0.5) is 5.69 Å². The first-order valence-corrected chi connectivity index (χ1v) is 21.8. The highest BCUT2D eigenvalue weighted by Crippen LogP contribution is 2.50. The van der Waals surface area contributed by atoms with E-state index in [9.17, 15) is 24.9 Å². The summed E-state index contributed by atoms with van der Waals surface area (Å²) in [6, 6.07) is 33.3. The number of rotatable bonds is 16. The van der Waals surface area contributed by atoms with Crippen LogP contribution in [0.25, 0.3) is 11.1 Å². The number of phenols is 2. The molecular weight excluding hydrogens is 803 g/mol. The molecule has 0 radical (unpaired) electrons. The zero-order valence-corrected chi connectivity index (χ0v) is 35.3. The lowest BCUT2D eigenvalue weighted by molar-refractivity contribution is -0.121. The van der Waals surface area contributed by atoms with Gasteiger partial charge in [-0.1, -0.05) is 66.7 Å². The third kappa shape index (κ3) is 10.5. The molecule has 9 N–H and O–H groups in total. The molecule has 2 fully saturated rings. The number of aromatic carboxylic acids is 1. The van der Waals surface area contributed by atoms with Gasteiger partial charge in [-0.15, -0.1) is 0 Å². The molecule has 1 amide bonds. The van der Waals surface area contributed by atoms with Gasteiger partial charge >= 0.3 is 5.97 Å². The monoisotopic (exact) mass is 855 g/mol. The van der Waals surface area contributed by atoms with Crippen molar-refractivity contribution in [3.63, 3.8) is 0 Å². The maximum atomic E-state index is 12.6. The normalized spacial score (nSPS) is 19.0. The minimum atomic E-state index is -1.13. The van der Waals surface area contributed by atoms with Crippen LogP contribution in [-0.2, 0) is 16.0 Å². The Morgan fingerprint density at radius 1 is 0.774 bits per heavy atom. The SMILES string of the molecule is NC1CCC(N[C@@H]2C[C@H]2c2ccc(-c3cccc(CCC(=O)NCCOCCNC(=S)Nc4ccc(C5c6ccc(O)cc6Oc6cc(O)ccc65)c(C(=O)O)c4)c3)cc2)CC1. The molecule has 1 aliphatic heterocycles. The number of phenolic OH excluding ortho intramolecular Hbond substituents is 2. The van der Waals surface area contributed by atoms with Crippen LogP contribution in [0.15, 0.2) is 103 Å². The number of ether oxygens (including phenoxy) is 2. The summed E-state index contributed by atoms with van der Waals surface area (Å²) < 4.78 is 11.7. The fourth-order valence-electron chi connectivity index (χ4n) is 8.68. The average Bonchev–Trinajstić information content (AvgIpc) is 4.04. The van der Waals surface area contributed by atoms with Crippen LogP contribution in [0.3, 0.4) is 0 Å². The third-order valence-electron chi connectivity index (χ3n) is 12.0. The summed E-state index contributed by atoms with van der Waals surface area (Å²) in [5, 5.41) is 43.7. The van der Waals surface area contributed by atoms with Crippen molar-refractivity contribution in [2.45, 2.75) is 74.9 Å². The van der Waals surface area contributed by atoms with Crippen molar-refractivity contribution in [1.29, 1.82) is 0 Å². The first-order valence-electron chi connectivity index (χ1n) is 21.4. The van der Waals surface area contributed by atoms with E-state index in [0.29, 0.717) is 102 Å². The summed E-state index contributed by atoms with van der Waals surface area (Å²) in [7, 11) is 0. The zero-order chi connectivity index (χ0) is 43.2.